The summed E-state index contributed by atoms with van der Waals surface area (Å²) < 4.78 is 55.1. The molecule has 0 unspecified atom stereocenters. The summed E-state index contributed by atoms with van der Waals surface area (Å²) in [5.74, 6) is 0.0163. The molecule has 146 valence electrons. The summed E-state index contributed by atoms with van der Waals surface area (Å²) in [7, 11) is -6.46. The first-order valence-electron chi connectivity index (χ1n) is 7.70. The zero-order valence-corrected chi connectivity index (χ0v) is 16.2. The van der Waals surface area contributed by atoms with E-state index < -0.39 is 20.0 Å². The fourth-order valence-electron chi connectivity index (χ4n) is 2.12. The molecule has 0 aromatic heterocycles. The Morgan fingerprint density at radius 1 is 1.04 bits per heavy atom. The van der Waals surface area contributed by atoms with Gasteiger partial charge in [0, 0.05) is 12.1 Å². The molecular weight excluding hydrogens is 394 g/mol. The fraction of sp³-hybridized carbons (Fsp3) is 0.188. The molecule has 2 aromatic rings. The lowest BCUT2D eigenvalue weighted by atomic mass is 10.3. The molecule has 0 radical (unpaired) electrons. The second-order valence-electron chi connectivity index (χ2n) is 5.44. The molecule has 0 spiro atoms. The molecule has 0 heterocycles. The highest BCUT2D eigenvalue weighted by molar-refractivity contribution is 7.92. The molecular formula is C16H19N3O6S2. The number of nitrogens with two attached hydrogens (primary N) is 1. The third-order valence-corrected chi connectivity index (χ3v) is 5.82. The molecule has 0 saturated carbocycles. The number of primary sulfonamides is 1. The lowest BCUT2D eigenvalue weighted by molar-refractivity contribution is -0.115. The van der Waals surface area contributed by atoms with Gasteiger partial charge in [-0.15, -0.1) is 0 Å². The lowest BCUT2D eigenvalue weighted by Gasteiger charge is -2.13. The minimum atomic E-state index is -3.99. The lowest BCUT2D eigenvalue weighted by Crippen LogP contribution is -2.15. The largest absolute Gasteiger partial charge is 0.495 e. The molecule has 9 nitrogen and oxygen atoms in total. The number of ether oxygens (including phenoxy) is 1. The molecule has 0 aliphatic heterocycles. The summed E-state index contributed by atoms with van der Waals surface area (Å²) in [5, 5.41) is 7.58. The minimum Gasteiger partial charge on any atom is -0.495 e. The van der Waals surface area contributed by atoms with E-state index in [1.54, 1.807) is 6.92 Å². The molecule has 0 bridgehead atoms. The molecule has 0 fully saturated rings. The van der Waals surface area contributed by atoms with Gasteiger partial charge in [-0.25, -0.2) is 22.0 Å². The standard InChI is InChI=1S/C16H19N3O6S2/c1-3-16(20)18-14-10-13(8-9-15(14)25-2)27(23,24)19-11-4-6-12(7-5-11)26(17,21)22/h4-10,19H,3H2,1-2H3,(H,18,20)(H2,17,21,22). The van der Waals surface area contributed by atoms with Crippen molar-refractivity contribution in [3.05, 3.63) is 42.5 Å². The average Bonchev–Trinajstić information content (AvgIpc) is 2.60. The van der Waals surface area contributed by atoms with Crippen molar-refractivity contribution in [1.29, 1.82) is 0 Å². The smallest absolute Gasteiger partial charge is 0.261 e. The van der Waals surface area contributed by atoms with Gasteiger partial charge in [0.1, 0.15) is 5.75 Å². The Balaban J connectivity index is 2.33. The Hall–Kier alpha value is -2.63. The number of nitrogens with one attached hydrogen (secondary N) is 2. The van der Waals surface area contributed by atoms with Gasteiger partial charge in [0.05, 0.1) is 22.6 Å². The first-order valence-corrected chi connectivity index (χ1v) is 10.7. The highest BCUT2D eigenvalue weighted by atomic mass is 32.2. The summed E-state index contributed by atoms with van der Waals surface area (Å²) in [6, 6.07) is 8.95. The van der Waals surface area contributed by atoms with Gasteiger partial charge in [-0.05, 0) is 42.5 Å². The summed E-state index contributed by atoms with van der Waals surface area (Å²) in [6.07, 6.45) is 0.217. The third kappa shape index (κ3) is 5.18. The summed E-state index contributed by atoms with van der Waals surface area (Å²) >= 11 is 0. The minimum absolute atomic E-state index is 0.106. The first-order chi connectivity index (χ1) is 12.6. The maximum Gasteiger partial charge on any atom is 0.261 e. The molecule has 0 aliphatic rings. The number of carbonyl (C=O) groups excluding carboxylic acids is 1. The molecule has 2 aromatic carbocycles. The van der Waals surface area contributed by atoms with Crippen LogP contribution >= 0.6 is 0 Å². The van der Waals surface area contributed by atoms with E-state index in [1.165, 1.54) is 49.6 Å². The van der Waals surface area contributed by atoms with E-state index in [1.807, 2.05) is 0 Å². The number of methoxy groups -OCH3 is 1. The number of amides is 1. The van der Waals surface area contributed by atoms with Crippen LogP contribution in [0.4, 0.5) is 11.4 Å². The number of carbonyl (C=O) groups is 1. The van der Waals surface area contributed by atoms with Crippen LogP contribution in [0.5, 0.6) is 5.75 Å². The van der Waals surface area contributed by atoms with Gasteiger partial charge in [-0.2, -0.15) is 0 Å². The van der Waals surface area contributed by atoms with Crippen molar-refractivity contribution in [3.8, 4) is 5.75 Å². The van der Waals surface area contributed by atoms with Crippen molar-refractivity contribution in [3.63, 3.8) is 0 Å². The molecule has 1 amide bonds. The number of sulfonamides is 2. The number of hydrogen-bond donors (Lipinski definition) is 3. The monoisotopic (exact) mass is 413 g/mol. The Kier molecular flexibility index (Phi) is 6.08. The Bertz CT molecular complexity index is 1050. The van der Waals surface area contributed by atoms with E-state index >= 15 is 0 Å². The van der Waals surface area contributed by atoms with Crippen LogP contribution in [-0.2, 0) is 24.8 Å². The van der Waals surface area contributed by atoms with Gasteiger partial charge in [-0.3, -0.25) is 9.52 Å². The molecule has 27 heavy (non-hydrogen) atoms. The molecule has 0 atom stereocenters. The van der Waals surface area contributed by atoms with Gasteiger partial charge in [0.2, 0.25) is 15.9 Å². The summed E-state index contributed by atoms with van der Waals surface area (Å²) in [4.78, 5) is 11.4. The van der Waals surface area contributed by atoms with E-state index in [4.69, 9.17) is 9.88 Å². The van der Waals surface area contributed by atoms with Gasteiger partial charge in [-0.1, -0.05) is 6.92 Å². The van der Waals surface area contributed by atoms with Crippen molar-refractivity contribution < 1.29 is 26.4 Å². The summed E-state index contributed by atoms with van der Waals surface area (Å²) in [6.45, 7) is 1.66. The van der Waals surface area contributed by atoms with Crippen molar-refractivity contribution in [2.75, 3.05) is 17.1 Å². The SMILES string of the molecule is CCC(=O)Nc1cc(S(=O)(=O)Nc2ccc(S(N)(=O)=O)cc2)ccc1OC. The molecule has 2 rings (SSSR count). The number of rotatable bonds is 7. The van der Waals surface area contributed by atoms with Gasteiger partial charge < -0.3 is 10.1 Å². The maximum absolute atomic E-state index is 12.6. The van der Waals surface area contributed by atoms with Crippen molar-refractivity contribution >= 4 is 37.3 Å². The zero-order valence-electron chi connectivity index (χ0n) is 14.6. The maximum atomic E-state index is 12.6. The molecule has 0 saturated heterocycles. The van der Waals surface area contributed by atoms with Crippen molar-refractivity contribution in [1.82, 2.24) is 0 Å². The quantitative estimate of drug-likeness (QED) is 0.627. The number of anilines is 2. The normalized spacial score (nSPS) is 11.7. The van der Waals surface area contributed by atoms with E-state index in [9.17, 15) is 21.6 Å². The Labute approximate surface area is 157 Å². The van der Waals surface area contributed by atoms with Crippen LogP contribution in [0, 0.1) is 0 Å². The second-order valence-corrected chi connectivity index (χ2v) is 8.68. The Morgan fingerprint density at radius 2 is 1.63 bits per heavy atom. The van der Waals surface area contributed by atoms with E-state index in [-0.39, 0.29) is 33.5 Å². The Morgan fingerprint density at radius 3 is 2.15 bits per heavy atom. The molecule has 0 aliphatic carbocycles. The van der Waals surface area contributed by atoms with Gasteiger partial charge in [0.25, 0.3) is 10.0 Å². The van der Waals surface area contributed by atoms with Crippen LogP contribution in [-0.4, -0.2) is 29.9 Å². The van der Waals surface area contributed by atoms with Gasteiger partial charge >= 0.3 is 0 Å². The number of benzene rings is 2. The predicted octanol–water partition coefficient (Wildman–Crippen LogP) is 1.49. The number of hydrogen-bond acceptors (Lipinski definition) is 6. The van der Waals surface area contributed by atoms with Crippen molar-refractivity contribution in [2.24, 2.45) is 5.14 Å². The van der Waals surface area contributed by atoms with Crippen molar-refractivity contribution in [2.45, 2.75) is 23.1 Å². The highest BCUT2D eigenvalue weighted by Crippen LogP contribution is 2.28. The first kappa shape index (κ1) is 20.7. The van der Waals surface area contributed by atoms with Crippen LogP contribution < -0.4 is 19.9 Å². The topological polar surface area (TPSA) is 145 Å². The molecule has 4 N–H and O–H groups in total. The summed E-state index contributed by atoms with van der Waals surface area (Å²) in [5.41, 5.74) is 0.370. The van der Waals surface area contributed by atoms with Crippen LogP contribution in [0.3, 0.4) is 0 Å². The second kappa shape index (κ2) is 7.94. The van der Waals surface area contributed by atoms with Gasteiger partial charge in [0.15, 0.2) is 0 Å². The van der Waals surface area contributed by atoms with E-state index in [0.29, 0.717) is 5.75 Å². The average molecular weight is 413 g/mol. The van der Waals surface area contributed by atoms with E-state index in [0.717, 1.165) is 0 Å². The van der Waals surface area contributed by atoms with Crippen LogP contribution in [0.1, 0.15) is 13.3 Å². The fourth-order valence-corrected chi connectivity index (χ4v) is 3.72. The molecule has 11 heteroatoms. The van der Waals surface area contributed by atoms with E-state index in [2.05, 4.69) is 10.0 Å². The van der Waals surface area contributed by atoms with Crippen LogP contribution in [0.25, 0.3) is 0 Å². The third-order valence-electron chi connectivity index (χ3n) is 3.51. The van der Waals surface area contributed by atoms with Crippen LogP contribution in [0.2, 0.25) is 0 Å². The van der Waals surface area contributed by atoms with Crippen LogP contribution in [0.15, 0.2) is 52.3 Å². The highest BCUT2D eigenvalue weighted by Gasteiger charge is 2.18. The zero-order chi connectivity index (χ0) is 20.2. The predicted molar refractivity (Wildman–Crippen MR) is 101 cm³/mol.